The summed E-state index contributed by atoms with van der Waals surface area (Å²) in [4.78, 5) is 30.1. The van der Waals surface area contributed by atoms with Gasteiger partial charge in [0.2, 0.25) is 0 Å². The molecule has 2 aliphatic heterocycles. The lowest BCUT2D eigenvalue weighted by atomic mass is 10.00. The van der Waals surface area contributed by atoms with Crippen molar-refractivity contribution in [3.8, 4) is 0 Å². The molecule has 3 N–H and O–H groups in total. The zero-order chi connectivity index (χ0) is 20.6. The maximum atomic E-state index is 12.8. The molecule has 1 aromatic carbocycles. The van der Waals surface area contributed by atoms with Gasteiger partial charge in [-0.2, -0.15) is 0 Å². The normalized spacial score (nSPS) is 24.9. The Balaban J connectivity index is 1.42. The summed E-state index contributed by atoms with van der Waals surface area (Å²) in [7, 11) is 0. The van der Waals surface area contributed by atoms with Gasteiger partial charge in [-0.25, -0.2) is 0 Å². The topological polar surface area (TPSA) is 58.3 Å². The molecule has 0 bridgehead atoms. The highest BCUT2D eigenvalue weighted by Gasteiger charge is 2.31. The molecule has 0 saturated carbocycles. The van der Waals surface area contributed by atoms with Crippen LogP contribution in [0.1, 0.15) is 45.1 Å². The number of likely N-dealkylation sites (tertiary alicyclic amines) is 1. The molecule has 0 aromatic heterocycles. The standard InChI is InChI=1S/C23H36N4O2/c1-3-19-9-5-6-11-21(19)24-22(28)17-25-13-15-26(16-14-25)18-23(29)27-12-8-7-10-20(27)4-2/h5-6,9,11,20H,3-4,7-8,10,12-18H2,1-2H3,(H,24,28)/p+2/t20-/m0/s1. The lowest BCUT2D eigenvalue weighted by Crippen LogP contribution is -3.28. The van der Waals surface area contributed by atoms with Crippen molar-refractivity contribution >= 4 is 17.5 Å². The summed E-state index contributed by atoms with van der Waals surface area (Å²) in [5.41, 5.74) is 2.10. The zero-order valence-corrected chi connectivity index (χ0v) is 18.1. The number of nitrogens with zero attached hydrogens (tertiary/aromatic N) is 1. The number of amides is 2. The molecule has 0 spiro atoms. The van der Waals surface area contributed by atoms with Gasteiger partial charge < -0.3 is 20.0 Å². The first kappa shape index (κ1) is 21.8. The molecule has 3 rings (SSSR count). The first-order valence-electron chi connectivity index (χ1n) is 11.4. The molecule has 2 amide bonds. The minimum atomic E-state index is 0.0829. The maximum absolute atomic E-state index is 12.8. The van der Waals surface area contributed by atoms with E-state index < -0.39 is 0 Å². The van der Waals surface area contributed by atoms with Gasteiger partial charge in [0.25, 0.3) is 11.8 Å². The van der Waals surface area contributed by atoms with Crippen LogP contribution < -0.4 is 15.1 Å². The van der Waals surface area contributed by atoms with Crippen LogP contribution in [0.15, 0.2) is 24.3 Å². The minimum Gasteiger partial charge on any atom is -0.335 e. The van der Waals surface area contributed by atoms with Crippen LogP contribution in [-0.2, 0) is 16.0 Å². The quantitative estimate of drug-likeness (QED) is 0.590. The first-order valence-corrected chi connectivity index (χ1v) is 11.4. The number of carbonyl (C=O) groups excluding carboxylic acids is 2. The Morgan fingerprint density at radius 1 is 1.03 bits per heavy atom. The Kier molecular flexibility index (Phi) is 8.07. The molecule has 1 aromatic rings. The van der Waals surface area contributed by atoms with Gasteiger partial charge in [0.1, 0.15) is 26.2 Å². The lowest BCUT2D eigenvalue weighted by molar-refractivity contribution is -1.00. The van der Waals surface area contributed by atoms with Crippen LogP contribution in [0.2, 0.25) is 0 Å². The van der Waals surface area contributed by atoms with Crippen LogP contribution in [0.3, 0.4) is 0 Å². The number of hydrogen-bond acceptors (Lipinski definition) is 2. The highest BCUT2D eigenvalue weighted by Crippen LogP contribution is 2.19. The van der Waals surface area contributed by atoms with Crippen molar-refractivity contribution in [1.82, 2.24) is 4.90 Å². The molecule has 0 radical (unpaired) electrons. The van der Waals surface area contributed by atoms with Gasteiger partial charge >= 0.3 is 0 Å². The average Bonchev–Trinajstić information content (AvgIpc) is 2.75. The Bertz CT molecular complexity index is 685. The molecule has 2 saturated heterocycles. The van der Waals surface area contributed by atoms with Crippen molar-refractivity contribution in [2.24, 2.45) is 0 Å². The van der Waals surface area contributed by atoms with E-state index >= 15 is 0 Å². The summed E-state index contributed by atoms with van der Waals surface area (Å²) in [5.74, 6) is 0.406. The molecule has 0 aliphatic carbocycles. The number of piperazine rings is 1. The van der Waals surface area contributed by atoms with Crippen LogP contribution in [0, 0.1) is 0 Å². The van der Waals surface area contributed by atoms with Gasteiger partial charge in [-0.1, -0.05) is 32.0 Å². The second-order valence-electron chi connectivity index (χ2n) is 8.56. The van der Waals surface area contributed by atoms with Gasteiger partial charge in [0.05, 0.1) is 0 Å². The lowest BCUT2D eigenvalue weighted by Gasteiger charge is -2.36. The van der Waals surface area contributed by atoms with Crippen LogP contribution in [0.4, 0.5) is 5.69 Å². The highest BCUT2D eigenvalue weighted by molar-refractivity contribution is 5.92. The van der Waals surface area contributed by atoms with E-state index in [1.165, 1.54) is 21.8 Å². The number of anilines is 1. The summed E-state index contributed by atoms with van der Waals surface area (Å²) in [6, 6.07) is 8.45. The molecule has 29 heavy (non-hydrogen) atoms. The predicted molar refractivity (Wildman–Crippen MR) is 115 cm³/mol. The second-order valence-corrected chi connectivity index (χ2v) is 8.56. The maximum Gasteiger partial charge on any atom is 0.279 e. The average molecular weight is 403 g/mol. The summed E-state index contributed by atoms with van der Waals surface area (Å²) < 4.78 is 0. The minimum absolute atomic E-state index is 0.0829. The molecule has 2 aliphatic rings. The van der Waals surface area contributed by atoms with E-state index in [4.69, 9.17) is 0 Å². The molecule has 160 valence electrons. The van der Waals surface area contributed by atoms with Crippen LogP contribution in [0.25, 0.3) is 0 Å². The number of rotatable bonds is 7. The van der Waals surface area contributed by atoms with Gasteiger partial charge in [-0.3, -0.25) is 9.59 Å². The third-order valence-corrected chi connectivity index (χ3v) is 6.57. The third-order valence-electron chi connectivity index (χ3n) is 6.57. The molecule has 2 heterocycles. The van der Waals surface area contributed by atoms with Crippen LogP contribution in [-0.4, -0.2) is 68.6 Å². The van der Waals surface area contributed by atoms with E-state index in [-0.39, 0.29) is 5.91 Å². The first-order chi connectivity index (χ1) is 14.1. The predicted octanol–water partition coefficient (Wildman–Crippen LogP) is -0.238. The molecule has 1 atom stereocenters. The fraction of sp³-hybridized carbons (Fsp3) is 0.652. The second kappa shape index (κ2) is 10.7. The summed E-state index contributed by atoms with van der Waals surface area (Å²) >= 11 is 0. The van der Waals surface area contributed by atoms with Crippen LogP contribution in [0.5, 0.6) is 0 Å². The van der Waals surface area contributed by atoms with Crippen molar-refractivity contribution in [1.29, 1.82) is 0 Å². The number of nitrogens with one attached hydrogen (secondary N) is 3. The van der Waals surface area contributed by atoms with Crippen LogP contribution >= 0.6 is 0 Å². The van der Waals surface area contributed by atoms with Gasteiger partial charge in [-0.05, 0) is 43.7 Å². The number of aryl methyl sites for hydroxylation is 1. The summed E-state index contributed by atoms with van der Waals surface area (Å²) in [5, 5.41) is 3.08. The molecule has 2 fully saturated rings. The van der Waals surface area contributed by atoms with Crippen molar-refractivity contribution in [2.45, 2.75) is 52.0 Å². The molecular weight excluding hydrogens is 364 g/mol. The van der Waals surface area contributed by atoms with Crippen molar-refractivity contribution in [3.05, 3.63) is 29.8 Å². The Morgan fingerprint density at radius 2 is 1.72 bits per heavy atom. The molecule has 6 heteroatoms. The SMILES string of the molecule is CCc1ccccc1NC(=O)C[NH+]1CC[NH+](CC(=O)N2CCCC[C@@H]2CC)CC1. The largest absolute Gasteiger partial charge is 0.335 e. The number of para-hydroxylation sites is 1. The zero-order valence-electron chi connectivity index (χ0n) is 18.1. The number of quaternary nitrogens is 2. The number of piperidine rings is 1. The monoisotopic (exact) mass is 402 g/mol. The molecular formula is C23H38N4O2+2. The number of carbonyl (C=O) groups is 2. The number of benzene rings is 1. The van der Waals surface area contributed by atoms with Gasteiger partial charge in [0.15, 0.2) is 13.1 Å². The summed E-state index contributed by atoms with van der Waals surface area (Å²) in [6.45, 7) is 10.2. The fourth-order valence-corrected chi connectivity index (χ4v) is 4.75. The number of hydrogen-bond donors (Lipinski definition) is 3. The van der Waals surface area contributed by atoms with Crippen molar-refractivity contribution in [3.63, 3.8) is 0 Å². The van der Waals surface area contributed by atoms with Gasteiger partial charge in [0, 0.05) is 18.3 Å². The summed E-state index contributed by atoms with van der Waals surface area (Å²) in [6.07, 6.45) is 5.53. The van der Waals surface area contributed by atoms with E-state index in [9.17, 15) is 9.59 Å². The third kappa shape index (κ3) is 6.03. The Hall–Kier alpha value is -1.92. The van der Waals surface area contributed by atoms with Crippen molar-refractivity contribution < 1.29 is 19.4 Å². The Labute approximate surface area is 175 Å². The van der Waals surface area contributed by atoms with Crippen molar-refractivity contribution in [2.75, 3.05) is 51.1 Å². The van der Waals surface area contributed by atoms with E-state index in [2.05, 4.69) is 30.1 Å². The van der Waals surface area contributed by atoms with Gasteiger partial charge in [-0.15, -0.1) is 0 Å². The smallest absolute Gasteiger partial charge is 0.279 e. The highest BCUT2D eigenvalue weighted by atomic mass is 16.2. The van der Waals surface area contributed by atoms with E-state index in [1.54, 1.807) is 0 Å². The Morgan fingerprint density at radius 3 is 2.41 bits per heavy atom. The van der Waals surface area contributed by atoms with E-state index in [1.807, 2.05) is 18.2 Å². The fourth-order valence-electron chi connectivity index (χ4n) is 4.75. The molecule has 0 unspecified atom stereocenters. The van der Waals surface area contributed by atoms with E-state index in [0.29, 0.717) is 25.0 Å². The molecule has 6 nitrogen and oxygen atoms in total. The van der Waals surface area contributed by atoms with E-state index in [0.717, 1.165) is 64.1 Å².